The summed E-state index contributed by atoms with van der Waals surface area (Å²) in [4.78, 5) is 16.6. The van der Waals surface area contributed by atoms with Crippen molar-refractivity contribution < 1.29 is 17.6 Å². The molecule has 1 fully saturated rings. The van der Waals surface area contributed by atoms with E-state index in [0.29, 0.717) is 29.5 Å². The number of carbonyl (C=O) groups is 1. The quantitative estimate of drug-likeness (QED) is 0.321. The standard InChI is InChI=1S/C23H21N3O4S2/c27-19(13-31-23-26-25-20(30-23)12-15-10-11-32(28,29)14-15)21-17-8-4-5-9-18(17)24-22(21)16-6-2-1-3-7-16/h1-9,15,24H,10-14H2/t15-/m0/s1. The van der Waals surface area contributed by atoms with Crippen LogP contribution in [0.1, 0.15) is 22.7 Å². The van der Waals surface area contributed by atoms with Gasteiger partial charge in [0.2, 0.25) is 5.89 Å². The summed E-state index contributed by atoms with van der Waals surface area (Å²) in [5.41, 5.74) is 3.30. The molecule has 3 heterocycles. The van der Waals surface area contributed by atoms with Gasteiger partial charge in [0.15, 0.2) is 15.6 Å². The van der Waals surface area contributed by atoms with Gasteiger partial charge in [-0.05, 0) is 24.0 Å². The van der Waals surface area contributed by atoms with E-state index in [-0.39, 0.29) is 29.0 Å². The summed E-state index contributed by atoms with van der Waals surface area (Å²) in [5, 5.41) is 9.26. The molecule has 5 rings (SSSR count). The van der Waals surface area contributed by atoms with Crippen LogP contribution in [0.15, 0.2) is 64.2 Å². The van der Waals surface area contributed by atoms with E-state index in [1.165, 1.54) is 11.8 Å². The van der Waals surface area contributed by atoms with E-state index in [2.05, 4.69) is 15.2 Å². The van der Waals surface area contributed by atoms with E-state index < -0.39 is 9.84 Å². The molecule has 0 unspecified atom stereocenters. The molecule has 1 N–H and O–H groups in total. The number of nitrogens with zero attached hydrogens (tertiary/aromatic N) is 2. The van der Waals surface area contributed by atoms with E-state index >= 15 is 0 Å². The van der Waals surface area contributed by atoms with E-state index in [9.17, 15) is 13.2 Å². The fourth-order valence-electron chi connectivity index (χ4n) is 4.11. The monoisotopic (exact) mass is 467 g/mol. The number of rotatable bonds is 7. The molecular formula is C23H21N3O4S2. The van der Waals surface area contributed by atoms with Crippen LogP contribution in [0.4, 0.5) is 0 Å². The summed E-state index contributed by atoms with van der Waals surface area (Å²) in [6.07, 6.45) is 1.07. The number of H-pyrrole nitrogens is 1. The zero-order valence-electron chi connectivity index (χ0n) is 17.2. The van der Waals surface area contributed by atoms with Crippen molar-refractivity contribution in [2.45, 2.75) is 18.1 Å². The molecule has 4 aromatic rings. The number of hydrogen-bond donors (Lipinski definition) is 1. The number of benzene rings is 2. The van der Waals surface area contributed by atoms with Crippen LogP contribution in [0.2, 0.25) is 0 Å². The van der Waals surface area contributed by atoms with E-state index in [4.69, 9.17) is 4.42 Å². The summed E-state index contributed by atoms with van der Waals surface area (Å²) in [5.74, 6) is 0.933. The maximum absolute atomic E-state index is 13.2. The van der Waals surface area contributed by atoms with Crippen LogP contribution in [-0.4, -0.2) is 46.6 Å². The molecule has 164 valence electrons. The van der Waals surface area contributed by atoms with Gasteiger partial charge in [0.25, 0.3) is 5.22 Å². The summed E-state index contributed by atoms with van der Waals surface area (Å²) in [6, 6.07) is 17.5. The molecule has 32 heavy (non-hydrogen) atoms. The van der Waals surface area contributed by atoms with Gasteiger partial charge in [0.05, 0.1) is 28.5 Å². The molecule has 0 spiro atoms. The molecule has 2 aromatic heterocycles. The Morgan fingerprint density at radius 2 is 1.88 bits per heavy atom. The van der Waals surface area contributed by atoms with Crippen LogP contribution in [-0.2, 0) is 16.3 Å². The van der Waals surface area contributed by atoms with Gasteiger partial charge >= 0.3 is 0 Å². The number of para-hydroxylation sites is 1. The number of Topliss-reactive ketones (excluding diaryl/α,β-unsaturated/α-hetero) is 1. The average molecular weight is 468 g/mol. The Morgan fingerprint density at radius 1 is 1.09 bits per heavy atom. The third-order valence-corrected chi connectivity index (χ3v) is 8.27. The van der Waals surface area contributed by atoms with Gasteiger partial charge < -0.3 is 9.40 Å². The molecule has 7 nitrogen and oxygen atoms in total. The van der Waals surface area contributed by atoms with Crippen molar-refractivity contribution in [3.63, 3.8) is 0 Å². The van der Waals surface area contributed by atoms with Crippen molar-refractivity contribution in [2.75, 3.05) is 17.3 Å². The molecule has 0 amide bonds. The second kappa shape index (κ2) is 8.55. The highest BCUT2D eigenvalue weighted by molar-refractivity contribution is 7.99. The van der Waals surface area contributed by atoms with Crippen LogP contribution in [0.25, 0.3) is 22.2 Å². The Morgan fingerprint density at radius 3 is 2.66 bits per heavy atom. The number of carbonyl (C=O) groups excluding carboxylic acids is 1. The third-order valence-electron chi connectivity index (χ3n) is 5.61. The van der Waals surface area contributed by atoms with Crippen molar-refractivity contribution in [2.24, 2.45) is 5.92 Å². The molecule has 0 bridgehead atoms. The number of thioether (sulfide) groups is 1. The van der Waals surface area contributed by atoms with Crippen molar-refractivity contribution in [1.82, 2.24) is 15.2 Å². The van der Waals surface area contributed by atoms with E-state index in [1.54, 1.807) is 0 Å². The smallest absolute Gasteiger partial charge is 0.277 e. The first-order valence-corrected chi connectivity index (χ1v) is 13.1. The normalized spacial score (nSPS) is 17.7. The Hall–Kier alpha value is -2.91. The summed E-state index contributed by atoms with van der Waals surface area (Å²) >= 11 is 1.20. The Kier molecular flexibility index (Phi) is 5.60. The molecule has 1 aliphatic heterocycles. The van der Waals surface area contributed by atoms with Gasteiger partial charge in [-0.2, -0.15) is 0 Å². The highest BCUT2D eigenvalue weighted by Gasteiger charge is 2.29. The van der Waals surface area contributed by atoms with Gasteiger partial charge in [-0.15, -0.1) is 10.2 Å². The van der Waals surface area contributed by atoms with Crippen molar-refractivity contribution >= 4 is 38.3 Å². The minimum absolute atomic E-state index is 0.0135. The molecule has 0 radical (unpaired) electrons. The molecule has 9 heteroatoms. The zero-order chi connectivity index (χ0) is 22.1. The van der Waals surface area contributed by atoms with Crippen molar-refractivity contribution in [1.29, 1.82) is 0 Å². The van der Waals surface area contributed by atoms with Gasteiger partial charge in [-0.3, -0.25) is 4.79 Å². The number of aromatic nitrogens is 3. The molecular weight excluding hydrogens is 446 g/mol. The maximum Gasteiger partial charge on any atom is 0.277 e. The molecule has 1 aliphatic rings. The van der Waals surface area contributed by atoms with Crippen LogP contribution in [0, 0.1) is 5.92 Å². The Balaban J connectivity index is 1.32. The van der Waals surface area contributed by atoms with Crippen molar-refractivity contribution in [3.05, 3.63) is 66.1 Å². The number of sulfone groups is 1. The van der Waals surface area contributed by atoms with Crippen LogP contribution in [0.5, 0.6) is 0 Å². The first-order chi connectivity index (χ1) is 15.5. The van der Waals surface area contributed by atoms with Crippen LogP contribution >= 0.6 is 11.8 Å². The predicted molar refractivity (Wildman–Crippen MR) is 124 cm³/mol. The largest absolute Gasteiger partial charge is 0.416 e. The minimum atomic E-state index is -2.94. The van der Waals surface area contributed by atoms with Gasteiger partial charge in [0.1, 0.15) is 0 Å². The molecule has 0 saturated carbocycles. The lowest BCUT2D eigenvalue weighted by atomic mass is 10.0. The molecule has 2 aromatic carbocycles. The molecule has 1 saturated heterocycles. The Bertz CT molecular complexity index is 1380. The van der Waals surface area contributed by atoms with E-state index in [1.807, 2.05) is 54.6 Å². The second-order valence-electron chi connectivity index (χ2n) is 7.93. The minimum Gasteiger partial charge on any atom is -0.416 e. The van der Waals surface area contributed by atoms with Crippen molar-refractivity contribution in [3.8, 4) is 11.3 Å². The fourth-order valence-corrected chi connectivity index (χ4v) is 6.63. The van der Waals surface area contributed by atoms with Gasteiger partial charge in [-0.1, -0.05) is 60.3 Å². The number of aromatic amines is 1. The predicted octanol–water partition coefficient (Wildman–Crippen LogP) is 4.17. The lowest BCUT2D eigenvalue weighted by molar-refractivity contribution is 0.102. The number of nitrogens with one attached hydrogen (secondary N) is 1. The maximum atomic E-state index is 13.2. The highest BCUT2D eigenvalue weighted by atomic mass is 32.2. The summed E-state index contributed by atoms with van der Waals surface area (Å²) in [6.45, 7) is 0. The average Bonchev–Trinajstić information content (AvgIpc) is 3.49. The summed E-state index contributed by atoms with van der Waals surface area (Å²) < 4.78 is 28.9. The number of hydrogen-bond acceptors (Lipinski definition) is 7. The fraction of sp³-hybridized carbons (Fsp3) is 0.261. The summed E-state index contributed by atoms with van der Waals surface area (Å²) in [7, 11) is -2.94. The number of ketones is 1. The van der Waals surface area contributed by atoms with Crippen LogP contribution in [0.3, 0.4) is 0 Å². The molecule has 0 aliphatic carbocycles. The van der Waals surface area contributed by atoms with Gasteiger partial charge in [0, 0.05) is 17.3 Å². The third kappa shape index (κ3) is 4.35. The zero-order valence-corrected chi connectivity index (χ0v) is 18.8. The molecule has 1 atom stereocenters. The SMILES string of the molecule is O=C(CSc1nnc(C[C@@H]2CCS(=O)(=O)C2)o1)c1c(-c2ccccc2)[nH]c2ccccc12. The highest BCUT2D eigenvalue weighted by Crippen LogP contribution is 2.32. The first kappa shape index (κ1) is 21.0. The Labute approximate surface area is 189 Å². The second-order valence-corrected chi connectivity index (χ2v) is 11.1. The van der Waals surface area contributed by atoms with Crippen LogP contribution < -0.4 is 0 Å². The first-order valence-electron chi connectivity index (χ1n) is 10.3. The van der Waals surface area contributed by atoms with E-state index in [0.717, 1.165) is 22.2 Å². The topological polar surface area (TPSA) is 106 Å². The van der Waals surface area contributed by atoms with Gasteiger partial charge in [-0.25, -0.2) is 8.42 Å². The lowest BCUT2D eigenvalue weighted by Gasteiger charge is -2.04. The number of fused-ring (bicyclic) bond motifs is 1. The lowest BCUT2D eigenvalue weighted by Crippen LogP contribution is -2.07.